The molecule has 0 bridgehead atoms. The minimum Gasteiger partial charge on any atom is -0.476 e. The fourth-order valence-electron chi connectivity index (χ4n) is 5.39. The highest BCUT2D eigenvalue weighted by Gasteiger charge is 2.42. The van der Waals surface area contributed by atoms with Crippen LogP contribution in [-0.4, -0.2) is 52.3 Å². The molecule has 0 radical (unpaired) electrons. The summed E-state index contributed by atoms with van der Waals surface area (Å²) in [5.41, 5.74) is 0.702. The molecule has 1 N–H and O–H groups in total. The number of hydrogen-bond acceptors (Lipinski definition) is 7. The Bertz CT molecular complexity index is 1530. The van der Waals surface area contributed by atoms with Crippen LogP contribution in [0.5, 0.6) is 5.88 Å². The van der Waals surface area contributed by atoms with Crippen molar-refractivity contribution < 1.29 is 17.9 Å². The van der Waals surface area contributed by atoms with Crippen LogP contribution in [0.15, 0.2) is 41.7 Å². The van der Waals surface area contributed by atoms with Gasteiger partial charge in [-0.05, 0) is 69.6 Å². The molecular formula is C29H40N6O4S. The number of ether oxygens (including phenoxy) is 1. The molecule has 0 aromatic carbocycles. The Labute approximate surface area is 236 Å². The van der Waals surface area contributed by atoms with Crippen molar-refractivity contribution in [2.24, 2.45) is 24.3 Å². The summed E-state index contributed by atoms with van der Waals surface area (Å²) in [7, 11) is -2.34. The normalized spacial score (nSPS) is 19.7. The van der Waals surface area contributed by atoms with E-state index in [1.165, 1.54) is 6.20 Å². The van der Waals surface area contributed by atoms with Gasteiger partial charge in [-0.15, -0.1) is 5.10 Å². The highest BCUT2D eigenvalue weighted by Crippen LogP contribution is 2.45. The van der Waals surface area contributed by atoms with Crippen molar-refractivity contribution in [2.45, 2.75) is 71.2 Å². The van der Waals surface area contributed by atoms with Gasteiger partial charge in [-0.3, -0.25) is 4.79 Å². The van der Waals surface area contributed by atoms with Gasteiger partial charge in [-0.2, -0.15) is 0 Å². The Morgan fingerprint density at radius 3 is 2.50 bits per heavy atom. The van der Waals surface area contributed by atoms with Crippen LogP contribution in [-0.2, 0) is 17.1 Å². The maximum absolute atomic E-state index is 13.6. The van der Waals surface area contributed by atoms with Crippen LogP contribution in [0, 0.1) is 24.2 Å². The van der Waals surface area contributed by atoms with Gasteiger partial charge < -0.3 is 14.2 Å². The van der Waals surface area contributed by atoms with Crippen molar-refractivity contribution in [2.75, 3.05) is 18.1 Å². The van der Waals surface area contributed by atoms with Crippen molar-refractivity contribution in [1.29, 1.82) is 0 Å². The lowest BCUT2D eigenvalue weighted by molar-refractivity contribution is 0.0981. The van der Waals surface area contributed by atoms with Gasteiger partial charge in [0.2, 0.25) is 5.88 Å². The van der Waals surface area contributed by atoms with Gasteiger partial charge in [-0.1, -0.05) is 20.8 Å². The van der Waals surface area contributed by atoms with E-state index in [1.54, 1.807) is 53.8 Å². The first-order valence-corrected chi connectivity index (χ1v) is 15.3. The number of pyridine rings is 1. The van der Waals surface area contributed by atoms with Crippen LogP contribution in [0.25, 0.3) is 5.82 Å². The molecule has 1 saturated heterocycles. The standard InChI is InChI=1S/C29H40N6O4S/c1-19(2)21-14-28(4,5)34(16-21)26-22(27(36)32-40(37,38)23-17-33(7)15-20(23)3)8-9-24(30-26)35-13-10-25(31-35)39-18-29(6)11-12-29/h8-10,13,15,17,19,21H,11-12,14,16,18H2,1-7H3,(H,32,36). The summed E-state index contributed by atoms with van der Waals surface area (Å²) >= 11 is 0. The second kappa shape index (κ2) is 9.94. The van der Waals surface area contributed by atoms with Gasteiger partial charge in [0.05, 0.1) is 12.2 Å². The van der Waals surface area contributed by atoms with Crippen LogP contribution in [0.3, 0.4) is 0 Å². The zero-order valence-electron chi connectivity index (χ0n) is 24.4. The summed E-state index contributed by atoms with van der Waals surface area (Å²) in [4.78, 5) is 20.7. The van der Waals surface area contributed by atoms with E-state index in [0.717, 1.165) is 19.3 Å². The predicted molar refractivity (Wildman–Crippen MR) is 153 cm³/mol. The summed E-state index contributed by atoms with van der Waals surface area (Å²) in [6, 6.07) is 5.12. The maximum atomic E-state index is 13.6. The second-order valence-electron chi connectivity index (χ2n) is 12.8. The smallest absolute Gasteiger partial charge is 0.268 e. The molecule has 40 heavy (non-hydrogen) atoms. The monoisotopic (exact) mass is 568 g/mol. The molecule has 3 aromatic heterocycles. The number of carbonyl (C=O) groups excluding carboxylic acids is 1. The maximum Gasteiger partial charge on any atom is 0.268 e. The van der Waals surface area contributed by atoms with Crippen molar-refractivity contribution in [3.05, 3.63) is 47.9 Å². The zero-order valence-corrected chi connectivity index (χ0v) is 25.2. The van der Waals surface area contributed by atoms with Gasteiger partial charge in [0.25, 0.3) is 15.9 Å². The van der Waals surface area contributed by atoms with E-state index in [4.69, 9.17) is 9.72 Å². The molecule has 1 aliphatic heterocycles. The molecule has 11 heteroatoms. The molecule has 1 amide bonds. The lowest BCUT2D eigenvalue weighted by Gasteiger charge is -2.34. The van der Waals surface area contributed by atoms with Crippen molar-refractivity contribution in [1.82, 2.24) is 24.1 Å². The van der Waals surface area contributed by atoms with Gasteiger partial charge in [0.15, 0.2) is 5.82 Å². The average Bonchev–Trinajstić information content (AvgIpc) is 3.19. The van der Waals surface area contributed by atoms with Gasteiger partial charge >= 0.3 is 0 Å². The number of sulfonamides is 1. The molecule has 2 fully saturated rings. The van der Waals surface area contributed by atoms with E-state index in [2.05, 4.69) is 49.3 Å². The van der Waals surface area contributed by atoms with E-state index >= 15 is 0 Å². The number of anilines is 1. The van der Waals surface area contributed by atoms with Crippen LogP contribution in [0.1, 0.15) is 69.8 Å². The van der Waals surface area contributed by atoms with E-state index in [9.17, 15) is 13.2 Å². The zero-order chi connectivity index (χ0) is 29.0. The van der Waals surface area contributed by atoms with Gasteiger partial charge in [-0.25, -0.2) is 22.8 Å². The van der Waals surface area contributed by atoms with E-state index in [-0.39, 0.29) is 21.4 Å². The topological polar surface area (TPSA) is 111 Å². The molecule has 10 nitrogen and oxygen atoms in total. The molecule has 216 valence electrons. The molecule has 4 heterocycles. The number of hydrogen-bond donors (Lipinski definition) is 1. The summed E-state index contributed by atoms with van der Waals surface area (Å²) in [5.74, 6) is 1.61. The second-order valence-corrected chi connectivity index (χ2v) is 14.4. The van der Waals surface area contributed by atoms with Crippen LogP contribution in [0.4, 0.5) is 5.82 Å². The molecule has 0 spiro atoms. The molecule has 3 aromatic rings. The molecule has 2 aliphatic rings. The Balaban J connectivity index is 1.50. The number of amides is 1. The first-order chi connectivity index (χ1) is 18.7. The molecule has 1 aliphatic carbocycles. The third-order valence-electron chi connectivity index (χ3n) is 8.31. The molecular weight excluding hydrogens is 528 g/mol. The van der Waals surface area contributed by atoms with Crippen molar-refractivity contribution >= 4 is 21.7 Å². The molecule has 1 unspecified atom stereocenters. The summed E-state index contributed by atoms with van der Waals surface area (Å²) < 4.78 is 37.8. The minimum absolute atomic E-state index is 0.0694. The Hall–Kier alpha value is -3.34. The summed E-state index contributed by atoms with van der Waals surface area (Å²) in [5, 5.41) is 4.56. The number of rotatable bonds is 9. The highest BCUT2D eigenvalue weighted by atomic mass is 32.2. The first-order valence-electron chi connectivity index (χ1n) is 13.8. The van der Waals surface area contributed by atoms with E-state index in [0.29, 0.717) is 48.1 Å². The van der Waals surface area contributed by atoms with E-state index in [1.807, 2.05) is 0 Å². The summed E-state index contributed by atoms with van der Waals surface area (Å²) in [6.45, 7) is 13.9. The highest BCUT2D eigenvalue weighted by molar-refractivity contribution is 7.90. The molecule has 1 saturated carbocycles. The third-order valence-corrected chi connectivity index (χ3v) is 9.77. The van der Waals surface area contributed by atoms with Crippen LogP contribution < -0.4 is 14.4 Å². The SMILES string of the molecule is Cc1cn(C)cc1S(=O)(=O)NC(=O)c1ccc(-n2ccc(OCC3(C)CC3)n2)nc1N1CC(C(C)C)CC1(C)C. The van der Waals surface area contributed by atoms with Crippen molar-refractivity contribution in [3.63, 3.8) is 0 Å². The fourth-order valence-corrected chi connectivity index (χ4v) is 6.64. The Morgan fingerprint density at radius 2 is 1.90 bits per heavy atom. The van der Waals surface area contributed by atoms with Crippen LogP contribution in [0.2, 0.25) is 0 Å². The molecule has 5 rings (SSSR count). The quantitative estimate of drug-likeness (QED) is 0.405. The van der Waals surface area contributed by atoms with E-state index < -0.39 is 15.9 Å². The van der Waals surface area contributed by atoms with Gasteiger partial charge in [0.1, 0.15) is 10.7 Å². The first kappa shape index (κ1) is 28.2. The minimum atomic E-state index is -4.08. The molecule has 1 atom stereocenters. The fraction of sp³-hybridized carbons (Fsp3) is 0.552. The Kier molecular flexibility index (Phi) is 7.00. The summed E-state index contributed by atoms with van der Waals surface area (Å²) in [6.07, 6.45) is 8.22. The van der Waals surface area contributed by atoms with Crippen molar-refractivity contribution in [3.8, 4) is 11.7 Å². The average molecular weight is 569 g/mol. The van der Waals surface area contributed by atoms with Crippen LogP contribution >= 0.6 is 0 Å². The largest absolute Gasteiger partial charge is 0.476 e. The third kappa shape index (κ3) is 5.61. The lowest BCUT2D eigenvalue weighted by atomic mass is 9.89. The predicted octanol–water partition coefficient (Wildman–Crippen LogP) is 4.47. The van der Waals surface area contributed by atoms with Gasteiger partial charge in [0, 0.05) is 49.2 Å². The number of nitrogens with one attached hydrogen (secondary N) is 1. The number of carbonyl (C=O) groups is 1. The number of aromatic nitrogens is 4. The lowest BCUT2D eigenvalue weighted by Crippen LogP contribution is -2.41. The number of aryl methyl sites for hydroxylation is 2. The Morgan fingerprint density at radius 1 is 1.18 bits per heavy atom. The number of nitrogens with zero attached hydrogens (tertiary/aromatic N) is 5.